The first-order chi connectivity index (χ1) is 18.7. The third-order valence-corrected chi connectivity index (χ3v) is 8.61. The van der Waals surface area contributed by atoms with Crippen molar-refractivity contribution in [3.8, 4) is 11.3 Å². The summed E-state index contributed by atoms with van der Waals surface area (Å²) in [4.78, 5) is 55.3. The fourth-order valence-electron chi connectivity index (χ4n) is 6.24. The second kappa shape index (κ2) is 9.44. The molecule has 0 radical (unpaired) electrons. The van der Waals surface area contributed by atoms with Crippen LogP contribution in [-0.4, -0.2) is 67.2 Å². The van der Waals surface area contributed by atoms with Crippen molar-refractivity contribution in [1.29, 1.82) is 0 Å². The lowest BCUT2D eigenvalue weighted by Crippen LogP contribution is -2.49. The van der Waals surface area contributed by atoms with Gasteiger partial charge in [-0.05, 0) is 50.8 Å². The Kier molecular flexibility index (Phi) is 6.17. The van der Waals surface area contributed by atoms with E-state index < -0.39 is 11.4 Å². The Balaban J connectivity index is 1.29. The summed E-state index contributed by atoms with van der Waals surface area (Å²) in [5.74, 6) is 0.911. The number of likely N-dealkylation sites (N-methyl/N-ethyl adjacent to an activating group) is 1. The van der Waals surface area contributed by atoms with Crippen molar-refractivity contribution in [2.24, 2.45) is 0 Å². The summed E-state index contributed by atoms with van der Waals surface area (Å²) in [6.07, 6.45) is 4.38. The molecule has 10 nitrogen and oxygen atoms in total. The van der Waals surface area contributed by atoms with Gasteiger partial charge in [-0.1, -0.05) is 11.6 Å². The highest BCUT2D eigenvalue weighted by atomic mass is 35.5. The molecule has 5 heterocycles. The topological polar surface area (TPSA) is 115 Å². The van der Waals surface area contributed by atoms with Gasteiger partial charge in [0.25, 0.3) is 5.56 Å². The Morgan fingerprint density at radius 1 is 1.15 bits per heavy atom. The highest BCUT2D eigenvalue weighted by Gasteiger charge is 2.52. The van der Waals surface area contributed by atoms with Crippen LogP contribution in [-0.2, 0) is 21.4 Å². The normalized spacial score (nSPS) is 17.9. The molecular weight excluding hydrogens is 520 g/mol. The number of ether oxygens (including phenoxy) is 1. The molecule has 3 aromatic rings. The SMILES string of the molecule is CCOC(=O)c1c[nH]c(-c2cc(Cl)c3c(c2)N(C)C(=O)C32CCN(c3nc4c(c(=O)[nH]3)CCCN4C)CC2)c1. The molecule has 2 N–H and O–H groups in total. The second-order valence-electron chi connectivity index (χ2n) is 10.5. The van der Waals surface area contributed by atoms with Gasteiger partial charge in [0, 0.05) is 67.5 Å². The number of piperidine rings is 1. The number of carbonyl (C=O) groups is 2. The van der Waals surface area contributed by atoms with Gasteiger partial charge >= 0.3 is 5.97 Å². The number of aromatic nitrogens is 3. The molecule has 1 aromatic carbocycles. The van der Waals surface area contributed by atoms with E-state index in [0.717, 1.165) is 47.6 Å². The van der Waals surface area contributed by atoms with Crippen molar-refractivity contribution in [1.82, 2.24) is 15.0 Å². The standard InChI is InChI=1S/C28H31ClN6O4/c1-4-39-25(37)17-13-20(30-15-17)16-12-19(29)22-21(14-16)34(3)26(38)28(22)7-10-35(11-8-28)27-31-23-18(24(36)32-27)6-5-9-33(23)2/h12-15,30H,4-11H2,1-3H3,(H,31,32,36). The van der Waals surface area contributed by atoms with Crippen LogP contribution in [0.15, 0.2) is 29.2 Å². The number of hydrogen-bond donors (Lipinski definition) is 2. The molecule has 1 fully saturated rings. The molecule has 2 aromatic heterocycles. The highest BCUT2D eigenvalue weighted by molar-refractivity contribution is 6.33. The molecule has 11 heteroatoms. The van der Waals surface area contributed by atoms with Crippen molar-refractivity contribution < 1.29 is 14.3 Å². The maximum Gasteiger partial charge on any atom is 0.339 e. The van der Waals surface area contributed by atoms with Gasteiger partial charge in [-0.2, -0.15) is 4.98 Å². The van der Waals surface area contributed by atoms with E-state index in [1.165, 1.54) is 0 Å². The number of benzene rings is 1. The van der Waals surface area contributed by atoms with E-state index in [0.29, 0.717) is 54.8 Å². The summed E-state index contributed by atoms with van der Waals surface area (Å²) in [5.41, 5.74) is 3.44. The Morgan fingerprint density at radius 3 is 2.67 bits per heavy atom. The molecule has 1 saturated heterocycles. The quantitative estimate of drug-likeness (QED) is 0.478. The van der Waals surface area contributed by atoms with E-state index in [9.17, 15) is 14.4 Å². The van der Waals surface area contributed by atoms with E-state index in [1.54, 1.807) is 31.1 Å². The van der Waals surface area contributed by atoms with Gasteiger partial charge in [-0.3, -0.25) is 14.6 Å². The van der Waals surface area contributed by atoms with Crippen LogP contribution in [0.25, 0.3) is 11.3 Å². The average Bonchev–Trinajstić information content (AvgIpc) is 3.50. The number of anilines is 3. The van der Waals surface area contributed by atoms with Gasteiger partial charge < -0.3 is 24.4 Å². The number of halogens is 1. The first-order valence-corrected chi connectivity index (χ1v) is 13.7. The van der Waals surface area contributed by atoms with Crippen LogP contribution in [0.5, 0.6) is 0 Å². The molecule has 0 saturated carbocycles. The van der Waals surface area contributed by atoms with Crippen molar-refractivity contribution >= 4 is 40.9 Å². The van der Waals surface area contributed by atoms with Crippen LogP contribution in [0.3, 0.4) is 0 Å². The first kappa shape index (κ1) is 25.5. The lowest BCUT2D eigenvalue weighted by Gasteiger charge is -2.39. The molecule has 1 amide bonds. The zero-order valence-electron chi connectivity index (χ0n) is 22.3. The summed E-state index contributed by atoms with van der Waals surface area (Å²) >= 11 is 6.90. The molecule has 3 aliphatic rings. The van der Waals surface area contributed by atoms with Crippen molar-refractivity contribution in [3.63, 3.8) is 0 Å². The third-order valence-electron chi connectivity index (χ3n) is 8.31. The number of nitrogens with zero attached hydrogens (tertiary/aromatic N) is 4. The number of amides is 1. The second-order valence-corrected chi connectivity index (χ2v) is 10.9. The Hall–Kier alpha value is -3.79. The van der Waals surface area contributed by atoms with E-state index in [-0.39, 0.29) is 11.5 Å². The monoisotopic (exact) mass is 550 g/mol. The molecule has 0 unspecified atom stereocenters. The zero-order chi connectivity index (χ0) is 27.5. The number of esters is 1. The number of fused-ring (bicyclic) bond motifs is 3. The molecule has 3 aliphatic heterocycles. The number of rotatable bonds is 4. The molecule has 1 spiro atoms. The summed E-state index contributed by atoms with van der Waals surface area (Å²) in [5, 5.41) is 0.517. The summed E-state index contributed by atoms with van der Waals surface area (Å²) in [7, 11) is 3.74. The van der Waals surface area contributed by atoms with Crippen LogP contribution < -0.4 is 20.3 Å². The molecular formula is C28H31ClN6O4. The Labute approximate surface area is 230 Å². The lowest BCUT2D eigenvalue weighted by atomic mass is 9.73. The van der Waals surface area contributed by atoms with Crippen LogP contribution in [0.1, 0.15) is 47.7 Å². The summed E-state index contributed by atoms with van der Waals surface area (Å²) in [6.45, 7) is 4.05. The lowest BCUT2D eigenvalue weighted by molar-refractivity contribution is -0.123. The first-order valence-electron chi connectivity index (χ1n) is 13.3. The molecule has 0 atom stereocenters. The van der Waals surface area contributed by atoms with E-state index in [2.05, 4.69) is 14.9 Å². The van der Waals surface area contributed by atoms with Crippen LogP contribution in [0, 0.1) is 0 Å². The number of nitrogens with one attached hydrogen (secondary N) is 2. The van der Waals surface area contributed by atoms with Crippen LogP contribution in [0.4, 0.5) is 17.5 Å². The van der Waals surface area contributed by atoms with E-state index in [1.807, 2.05) is 24.1 Å². The minimum Gasteiger partial charge on any atom is -0.462 e. The number of H-pyrrole nitrogens is 2. The summed E-state index contributed by atoms with van der Waals surface area (Å²) in [6, 6.07) is 5.52. The largest absolute Gasteiger partial charge is 0.462 e. The minimum atomic E-state index is -0.743. The third kappa shape index (κ3) is 4.00. The number of hydrogen-bond acceptors (Lipinski definition) is 7. The maximum atomic E-state index is 13.7. The summed E-state index contributed by atoms with van der Waals surface area (Å²) < 4.78 is 5.09. The Bertz CT molecular complexity index is 1540. The molecule has 0 aliphatic carbocycles. The van der Waals surface area contributed by atoms with Crippen molar-refractivity contribution in [2.45, 2.75) is 38.0 Å². The highest BCUT2D eigenvalue weighted by Crippen LogP contribution is 2.52. The predicted molar refractivity (Wildman–Crippen MR) is 150 cm³/mol. The number of carbonyl (C=O) groups excluding carboxylic acids is 2. The Morgan fingerprint density at radius 2 is 1.92 bits per heavy atom. The molecule has 39 heavy (non-hydrogen) atoms. The molecule has 0 bridgehead atoms. The van der Waals surface area contributed by atoms with Gasteiger partial charge in [0.05, 0.1) is 23.1 Å². The molecule has 204 valence electrons. The fraction of sp³-hybridized carbons (Fsp3) is 0.429. The van der Waals surface area contributed by atoms with E-state index >= 15 is 0 Å². The average molecular weight is 551 g/mol. The van der Waals surface area contributed by atoms with Gasteiger partial charge in [-0.15, -0.1) is 0 Å². The minimum absolute atomic E-state index is 0.0153. The van der Waals surface area contributed by atoms with Crippen molar-refractivity contribution in [2.75, 3.05) is 55.0 Å². The smallest absolute Gasteiger partial charge is 0.339 e. The van der Waals surface area contributed by atoms with Crippen molar-refractivity contribution in [3.05, 3.63) is 56.5 Å². The maximum absolute atomic E-state index is 13.7. The fourth-order valence-corrected chi connectivity index (χ4v) is 6.64. The van der Waals surface area contributed by atoms with E-state index in [4.69, 9.17) is 21.3 Å². The molecule has 6 rings (SSSR count). The van der Waals surface area contributed by atoms with Gasteiger partial charge in [0.1, 0.15) is 5.82 Å². The zero-order valence-corrected chi connectivity index (χ0v) is 23.0. The van der Waals surface area contributed by atoms with Gasteiger partial charge in [0.2, 0.25) is 11.9 Å². The van der Waals surface area contributed by atoms with Gasteiger partial charge in [-0.25, -0.2) is 4.79 Å². The predicted octanol–water partition coefficient (Wildman–Crippen LogP) is 3.49. The number of aromatic amines is 2. The van der Waals surface area contributed by atoms with Gasteiger partial charge in [0.15, 0.2) is 0 Å². The van der Waals surface area contributed by atoms with Crippen LogP contribution >= 0.6 is 11.6 Å². The van der Waals surface area contributed by atoms with Crippen LogP contribution in [0.2, 0.25) is 5.02 Å².